The minimum Gasteiger partial charge on any atom is -0.497 e. The van der Waals surface area contributed by atoms with Gasteiger partial charge in [0.05, 0.1) is 7.11 Å². The Morgan fingerprint density at radius 2 is 2.04 bits per heavy atom. The van der Waals surface area contributed by atoms with Gasteiger partial charge in [-0.1, -0.05) is 0 Å². The first kappa shape index (κ1) is 18.7. The van der Waals surface area contributed by atoms with E-state index in [1.165, 1.54) is 0 Å². The van der Waals surface area contributed by atoms with Crippen molar-refractivity contribution in [2.75, 3.05) is 45.7 Å². The zero-order chi connectivity index (χ0) is 18.7. The molecular weight excluding hydrogens is 348 g/mol. The van der Waals surface area contributed by atoms with Crippen molar-refractivity contribution in [3.63, 3.8) is 0 Å². The molecule has 1 aromatic heterocycles. The molecule has 0 spiro atoms. The number of aromatic nitrogens is 1. The monoisotopic (exact) mass is 374 g/mol. The highest BCUT2D eigenvalue weighted by atomic mass is 32.1. The summed E-state index contributed by atoms with van der Waals surface area (Å²) in [6.07, 6.45) is 0. The summed E-state index contributed by atoms with van der Waals surface area (Å²) in [7, 11) is 5.68. The number of methoxy groups -OCH3 is 1. The smallest absolute Gasteiger partial charge is 0.273 e. The fourth-order valence-corrected chi connectivity index (χ4v) is 4.07. The van der Waals surface area contributed by atoms with E-state index in [4.69, 9.17) is 4.74 Å². The molecule has 0 bridgehead atoms. The molecule has 2 heterocycles. The maximum Gasteiger partial charge on any atom is 0.273 e. The Kier molecular flexibility index (Phi) is 5.78. The molecule has 0 N–H and O–H groups in total. The minimum absolute atomic E-state index is 0.0353. The quantitative estimate of drug-likeness (QED) is 0.805. The molecule has 1 fully saturated rings. The van der Waals surface area contributed by atoms with Gasteiger partial charge in [0.1, 0.15) is 16.5 Å². The SMILES string of the molecule is COc1ccc(N2CCN(C(=O)c3csc(CN(C)C)n3)[C@@H](C)C2)cc1. The van der Waals surface area contributed by atoms with Gasteiger partial charge in [-0.3, -0.25) is 4.79 Å². The van der Waals surface area contributed by atoms with E-state index in [0.717, 1.165) is 36.1 Å². The van der Waals surface area contributed by atoms with Crippen LogP contribution in [0.15, 0.2) is 29.6 Å². The van der Waals surface area contributed by atoms with Crippen molar-refractivity contribution in [3.05, 3.63) is 40.3 Å². The van der Waals surface area contributed by atoms with Crippen molar-refractivity contribution in [2.45, 2.75) is 19.5 Å². The second kappa shape index (κ2) is 8.05. The van der Waals surface area contributed by atoms with E-state index in [9.17, 15) is 4.79 Å². The average Bonchev–Trinajstić information content (AvgIpc) is 3.09. The summed E-state index contributed by atoms with van der Waals surface area (Å²) >= 11 is 1.55. The maximum atomic E-state index is 12.9. The first-order valence-corrected chi connectivity index (χ1v) is 9.65. The molecule has 1 aliphatic heterocycles. The highest BCUT2D eigenvalue weighted by Gasteiger charge is 2.29. The standard InChI is InChI=1S/C19H26N4O2S/c1-14-11-22(15-5-7-16(25-4)8-6-15)9-10-23(14)19(24)17-13-26-18(20-17)12-21(2)3/h5-8,13-14H,9-12H2,1-4H3/t14-/m0/s1. The Morgan fingerprint density at radius 3 is 2.65 bits per heavy atom. The van der Waals surface area contributed by atoms with E-state index < -0.39 is 0 Å². The van der Waals surface area contributed by atoms with Crippen LogP contribution in [0.4, 0.5) is 5.69 Å². The van der Waals surface area contributed by atoms with Crippen molar-refractivity contribution in [3.8, 4) is 5.75 Å². The number of anilines is 1. The Labute approximate surface area is 159 Å². The van der Waals surface area contributed by atoms with Gasteiger partial charge < -0.3 is 19.4 Å². The number of nitrogens with zero attached hydrogens (tertiary/aromatic N) is 4. The van der Waals surface area contributed by atoms with Crippen molar-refractivity contribution in [1.82, 2.24) is 14.8 Å². The first-order chi connectivity index (χ1) is 12.5. The number of amides is 1. The molecule has 6 nitrogen and oxygen atoms in total. The minimum atomic E-state index is 0.0353. The van der Waals surface area contributed by atoms with Gasteiger partial charge in [0, 0.05) is 43.3 Å². The van der Waals surface area contributed by atoms with Crippen LogP contribution in [0.3, 0.4) is 0 Å². The van der Waals surface area contributed by atoms with Crippen molar-refractivity contribution >= 4 is 22.9 Å². The molecule has 0 aliphatic carbocycles. The van der Waals surface area contributed by atoms with Crippen LogP contribution in [-0.4, -0.2) is 67.6 Å². The number of benzene rings is 1. The summed E-state index contributed by atoms with van der Waals surface area (Å²) in [5.74, 6) is 0.890. The summed E-state index contributed by atoms with van der Waals surface area (Å²) in [6.45, 7) is 5.19. The van der Waals surface area contributed by atoms with Gasteiger partial charge in [-0.2, -0.15) is 0 Å². The van der Waals surface area contributed by atoms with Crippen LogP contribution in [0, 0.1) is 0 Å². The summed E-state index contributed by atoms with van der Waals surface area (Å²) in [4.78, 5) is 23.7. The molecule has 0 unspecified atom stereocenters. The van der Waals surface area contributed by atoms with Gasteiger partial charge in [0.25, 0.3) is 5.91 Å². The summed E-state index contributed by atoms with van der Waals surface area (Å²) in [5, 5.41) is 2.85. The van der Waals surface area contributed by atoms with E-state index >= 15 is 0 Å². The molecule has 2 aromatic rings. The summed E-state index contributed by atoms with van der Waals surface area (Å²) in [5.41, 5.74) is 1.73. The van der Waals surface area contributed by atoms with Gasteiger partial charge in [-0.05, 0) is 45.3 Å². The van der Waals surface area contributed by atoms with E-state index in [2.05, 4.69) is 33.8 Å². The summed E-state index contributed by atoms with van der Waals surface area (Å²) < 4.78 is 5.22. The molecule has 1 aromatic carbocycles. The Bertz CT molecular complexity index is 744. The molecule has 1 saturated heterocycles. The van der Waals surface area contributed by atoms with Crippen molar-refractivity contribution in [2.24, 2.45) is 0 Å². The third kappa shape index (κ3) is 4.16. The highest BCUT2D eigenvalue weighted by Crippen LogP contribution is 2.23. The van der Waals surface area contributed by atoms with Gasteiger partial charge in [-0.15, -0.1) is 11.3 Å². The van der Waals surface area contributed by atoms with Crippen LogP contribution in [-0.2, 0) is 6.54 Å². The van der Waals surface area contributed by atoms with Crippen LogP contribution in [0.5, 0.6) is 5.75 Å². The fraction of sp³-hybridized carbons (Fsp3) is 0.474. The van der Waals surface area contributed by atoms with Gasteiger partial charge >= 0.3 is 0 Å². The van der Waals surface area contributed by atoms with E-state index in [1.807, 2.05) is 36.5 Å². The van der Waals surface area contributed by atoms with Crippen LogP contribution in [0.1, 0.15) is 22.4 Å². The van der Waals surface area contributed by atoms with Crippen LogP contribution < -0.4 is 9.64 Å². The zero-order valence-electron chi connectivity index (χ0n) is 15.8. The lowest BCUT2D eigenvalue weighted by molar-refractivity contribution is 0.0668. The number of ether oxygens (including phenoxy) is 1. The van der Waals surface area contributed by atoms with Gasteiger partial charge in [0.15, 0.2) is 0 Å². The van der Waals surface area contributed by atoms with Crippen molar-refractivity contribution < 1.29 is 9.53 Å². The number of hydrogen-bond acceptors (Lipinski definition) is 6. The molecular formula is C19H26N4O2S. The second-order valence-corrected chi connectivity index (χ2v) is 7.80. The number of thiazole rings is 1. The van der Waals surface area contributed by atoms with E-state index in [1.54, 1.807) is 18.4 Å². The third-order valence-corrected chi connectivity index (χ3v) is 5.38. The molecule has 0 radical (unpaired) electrons. The average molecular weight is 375 g/mol. The number of rotatable bonds is 5. The largest absolute Gasteiger partial charge is 0.497 e. The maximum absolute atomic E-state index is 12.9. The molecule has 140 valence electrons. The lowest BCUT2D eigenvalue weighted by Crippen LogP contribution is -2.54. The third-order valence-electron chi connectivity index (χ3n) is 4.55. The molecule has 3 rings (SSSR count). The Balaban J connectivity index is 1.64. The molecule has 1 atom stereocenters. The van der Waals surface area contributed by atoms with Crippen LogP contribution in [0.2, 0.25) is 0 Å². The van der Waals surface area contributed by atoms with Gasteiger partial charge in [0.2, 0.25) is 0 Å². The Hall–Kier alpha value is -2.12. The fourth-order valence-electron chi connectivity index (χ4n) is 3.19. The summed E-state index contributed by atoms with van der Waals surface area (Å²) in [6, 6.07) is 8.21. The highest BCUT2D eigenvalue weighted by molar-refractivity contribution is 7.09. The number of carbonyl (C=O) groups excluding carboxylic acids is 1. The molecule has 1 aliphatic rings. The topological polar surface area (TPSA) is 48.9 Å². The second-order valence-electron chi connectivity index (χ2n) is 6.86. The normalized spacial score (nSPS) is 17.7. The van der Waals surface area contributed by atoms with Gasteiger partial charge in [-0.25, -0.2) is 4.98 Å². The lowest BCUT2D eigenvalue weighted by Gasteiger charge is -2.40. The lowest BCUT2D eigenvalue weighted by atomic mass is 10.1. The number of carbonyl (C=O) groups is 1. The van der Waals surface area contributed by atoms with Crippen LogP contribution in [0.25, 0.3) is 0 Å². The van der Waals surface area contributed by atoms with E-state index in [-0.39, 0.29) is 11.9 Å². The number of hydrogen-bond donors (Lipinski definition) is 0. The molecule has 1 amide bonds. The predicted octanol–water partition coefficient (Wildman–Crippen LogP) is 2.56. The molecule has 26 heavy (non-hydrogen) atoms. The predicted molar refractivity (Wildman–Crippen MR) is 105 cm³/mol. The molecule has 7 heteroatoms. The first-order valence-electron chi connectivity index (χ1n) is 8.77. The van der Waals surface area contributed by atoms with Crippen molar-refractivity contribution in [1.29, 1.82) is 0 Å². The molecule has 0 saturated carbocycles. The number of piperazine rings is 1. The van der Waals surface area contributed by atoms with E-state index in [0.29, 0.717) is 12.2 Å². The van der Waals surface area contributed by atoms with Crippen LogP contribution >= 0.6 is 11.3 Å². The Morgan fingerprint density at radius 1 is 1.31 bits per heavy atom. The zero-order valence-corrected chi connectivity index (χ0v) is 16.6.